The highest BCUT2D eigenvalue weighted by Crippen LogP contribution is 2.33. The molecule has 266 valence electrons. The number of anilines is 2. The summed E-state index contributed by atoms with van der Waals surface area (Å²) in [6.45, 7) is 16.8. The number of benzene rings is 7. The van der Waals surface area contributed by atoms with Crippen molar-refractivity contribution in [3.63, 3.8) is 0 Å². The number of aryl methyl sites for hydroxylation is 2. The fourth-order valence-corrected chi connectivity index (χ4v) is 7.24. The molecule has 0 atom stereocenters. The van der Waals surface area contributed by atoms with Gasteiger partial charge in [0.1, 0.15) is 0 Å². The third kappa shape index (κ3) is 8.80. The van der Waals surface area contributed by atoms with Crippen LogP contribution in [0.15, 0.2) is 195 Å². The first-order valence-electron chi connectivity index (χ1n) is 18.8. The Bertz CT molecular complexity index is 2060. The number of nitrogens with zero attached hydrogens (tertiary/aromatic N) is 2. The van der Waals surface area contributed by atoms with E-state index >= 15 is 0 Å². The van der Waals surface area contributed by atoms with E-state index in [0.29, 0.717) is 0 Å². The molecule has 0 unspecified atom stereocenters. The van der Waals surface area contributed by atoms with Gasteiger partial charge < -0.3 is 9.80 Å². The molecule has 7 rings (SSSR count). The van der Waals surface area contributed by atoms with Crippen molar-refractivity contribution in [1.29, 1.82) is 0 Å². The summed E-state index contributed by atoms with van der Waals surface area (Å²) in [4.78, 5) is 4.90. The third-order valence-electron chi connectivity index (χ3n) is 10.2. The van der Waals surface area contributed by atoms with Gasteiger partial charge in [-0.25, -0.2) is 0 Å². The molecule has 0 aliphatic rings. The molecule has 0 fully saturated rings. The fourth-order valence-electron chi connectivity index (χ4n) is 7.24. The van der Waals surface area contributed by atoms with Gasteiger partial charge in [0.2, 0.25) is 0 Å². The Morgan fingerprint density at radius 3 is 0.907 bits per heavy atom. The van der Waals surface area contributed by atoms with Gasteiger partial charge in [-0.05, 0) is 105 Å². The zero-order chi connectivity index (χ0) is 37.3. The molecule has 0 aliphatic carbocycles. The van der Waals surface area contributed by atoms with Crippen LogP contribution < -0.4 is 9.80 Å². The molecule has 0 aromatic heterocycles. The van der Waals surface area contributed by atoms with E-state index in [1.165, 1.54) is 44.8 Å². The smallest absolute Gasteiger partial charge is 0.0433 e. The van der Waals surface area contributed by atoms with Crippen molar-refractivity contribution in [2.24, 2.45) is 0 Å². The summed E-state index contributed by atoms with van der Waals surface area (Å²) in [7, 11) is 0. The number of rotatable bonds is 14. The maximum absolute atomic E-state index is 4.56. The van der Waals surface area contributed by atoms with Gasteiger partial charge in [0, 0.05) is 37.6 Å². The first kappa shape index (κ1) is 36.0. The Hall–Kier alpha value is -6.38. The van der Waals surface area contributed by atoms with Crippen molar-refractivity contribution in [3.8, 4) is 0 Å². The van der Waals surface area contributed by atoms with Crippen molar-refractivity contribution in [1.82, 2.24) is 0 Å². The molecule has 2 heteroatoms. The topological polar surface area (TPSA) is 6.48 Å². The van der Waals surface area contributed by atoms with Gasteiger partial charge in [-0.15, -0.1) is 0 Å². The SMILES string of the molecule is C=C(c1ccc(C(=C)c2ccc(N(Cc3ccccc3)Cc3ccccc3)cc2C)cc1)c1ccc(N(Cc2ccccc2)Cc2ccccc2)cc1C. The van der Waals surface area contributed by atoms with E-state index < -0.39 is 0 Å². The molecule has 7 aromatic rings. The minimum atomic E-state index is 0.836. The third-order valence-corrected chi connectivity index (χ3v) is 10.2. The Balaban J connectivity index is 1.07. The van der Waals surface area contributed by atoms with Crippen LogP contribution in [0.25, 0.3) is 11.1 Å². The Morgan fingerprint density at radius 2 is 0.648 bits per heavy atom. The summed E-state index contributed by atoms with van der Waals surface area (Å²) in [6, 6.07) is 65.0. The van der Waals surface area contributed by atoms with Gasteiger partial charge >= 0.3 is 0 Å². The molecule has 0 saturated carbocycles. The Kier molecular flexibility index (Phi) is 11.3. The van der Waals surface area contributed by atoms with Gasteiger partial charge in [-0.2, -0.15) is 0 Å². The van der Waals surface area contributed by atoms with E-state index in [4.69, 9.17) is 0 Å². The summed E-state index contributed by atoms with van der Waals surface area (Å²) in [6.07, 6.45) is 0. The zero-order valence-electron chi connectivity index (χ0n) is 31.5. The lowest BCUT2D eigenvalue weighted by Gasteiger charge is -2.26. The molecule has 54 heavy (non-hydrogen) atoms. The summed E-state index contributed by atoms with van der Waals surface area (Å²) < 4.78 is 0. The lowest BCUT2D eigenvalue weighted by molar-refractivity contribution is 0.799. The van der Waals surface area contributed by atoms with E-state index in [9.17, 15) is 0 Å². The molecule has 0 saturated heterocycles. The molecule has 2 nitrogen and oxygen atoms in total. The van der Waals surface area contributed by atoms with Crippen molar-refractivity contribution in [3.05, 3.63) is 251 Å². The van der Waals surface area contributed by atoms with Crippen molar-refractivity contribution >= 4 is 22.5 Å². The van der Waals surface area contributed by atoms with E-state index in [1.807, 2.05) is 0 Å². The molecule has 0 bridgehead atoms. The molecule has 0 radical (unpaired) electrons. The lowest BCUT2D eigenvalue weighted by Crippen LogP contribution is -2.22. The Labute approximate surface area is 322 Å². The van der Waals surface area contributed by atoms with Crippen LogP contribution in [0.2, 0.25) is 0 Å². The van der Waals surface area contributed by atoms with Gasteiger partial charge in [0.15, 0.2) is 0 Å². The van der Waals surface area contributed by atoms with Crippen LogP contribution in [-0.4, -0.2) is 0 Å². The standard InChI is InChI=1S/C52H48N2/c1-39-33-49(53(35-43-17-9-5-10-18-43)36-44-19-11-6-12-20-44)29-31-51(39)41(3)47-25-27-48(28-26-47)42(4)52-32-30-50(34-40(52)2)54(37-45-21-13-7-14-22-45)38-46-23-15-8-16-24-46/h5-34H,3-4,35-38H2,1-2H3. The molecule has 0 N–H and O–H groups in total. The second kappa shape index (κ2) is 17.0. The zero-order valence-corrected chi connectivity index (χ0v) is 31.5. The second-order valence-electron chi connectivity index (χ2n) is 14.2. The molecular formula is C52H48N2. The predicted octanol–water partition coefficient (Wildman–Crippen LogP) is 12.8. The van der Waals surface area contributed by atoms with Crippen LogP contribution in [0.5, 0.6) is 0 Å². The van der Waals surface area contributed by atoms with Crippen LogP contribution in [0.4, 0.5) is 11.4 Å². The van der Waals surface area contributed by atoms with Crippen LogP contribution in [0.1, 0.15) is 55.6 Å². The van der Waals surface area contributed by atoms with Gasteiger partial charge in [-0.1, -0.05) is 171 Å². The molecule has 0 aliphatic heterocycles. The minimum Gasteiger partial charge on any atom is -0.363 e. The summed E-state index contributed by atoms with van der Waals surface area (Å²) in [5, 5.41) is 0. The molecule has 0 spiro atoms. The highest BCUT2D eigenvalue weighted by atomic mass is 15.1. The molecule has 7 aromatic carbocycles. The summed E-state index contributed by atoms with van der Waals surface area (Å²) in [5.74, 6) is 0. The predicted molar refractivity (Wildman–Crippen MR) is 231 cm³/mol. The van der Waals surface area contributed by atoms with Crippen molar-refractivity contribution < 1.29 is 0 Å². The largest absolute Gasteiger partial charge is 0.363 e. The maximum Gasteiger partial charge on any atom is 0.0433 e. The van der Waals surface area contributed by atoms with E-state index in [2.05, 4.69) is 219 Å². The highest BCUT2D eigenvalue weighted by molar-refractivity contribution is 5.84. The Morgan fingerprint density at radius 1 is 0.370 bits per heavy atom. The normalized spacial score (nSPS) is 10.9. The fraction of sp³-hybridized carbons (Fsp3) is 0.115. The number of hydrogen-bond acceptors (Lipinski definition) is 2. The average molecular weight is 701 g/mol. The minimum absolute atomic E-state index is 0.836. The van der Waals surface area contributed by atoms with Crippen LogP contribution in [0.3, 0.4) is 0 Å². The van der Waals surface area contributed by atoms with Crippen molar-refractivity contribution in [2.45, 2.75) is 40.0 Å². The second-order valence-corrected chi connectivity index (χ2v) is 14.2. The quantitative estimate of drug-likeness (QED) is 0.111. The van der Waals surface area contributed by atoms with E-state index in [1.54, 1.807) is 0 Å². The highest BCUT2D eigenvalue weighted by Gasteiger charge is 2.15. The monoisotopic (exact) mass is 700 g/mol. The van der Waals surface area contributed by atoms with Crippen molar-refractivity contribution in [2.75, 3.05) is 9.80 Å². The van der Waals surface area contributed by atoms with E-state index in [0.717, 1.165) is 59.6 Å². The lowest BCUT2D eigenvalue weighted by atomic mass is 9.91. The van der Waals surface area contributed by atoms with Gasteiger partial charge in [-0.3, -0.25) is 0 Å². The van der Waals surface area contributed by atoms with Gasteiger partial charge in [0.05, 0.1) is 0 Å². The maximum atomic E-state index is 4.56. The van der Waals surface area contributed by atoms with Crippen LogP contribution >= 0.6 is 0 Å². The first-order valence-corrected chi connectivity index (χ1v) is 18.8. The van der Waals surface area contributed by atoms with Crippen LogP contribution in [-0.2, 0) is 26.2 Å². The summed E-state index contributed by atoms with van der Waals surface area (Å²) in [5.41, 5.74) is 16.6. The van der Waals surface area contributed by atoms with Gasteiger partial charge in [0.25, 0.3) is 0 Å². The molecule has 0 heterocycles. The summed E-state index contributed by atoms with van der Waals surface area (Å²) >= 11 is 0. The molecular weight excluding hydrogens is 653 g/mol. The molecule has 0 amide bonds. The van der Waals surface area contributed by atoms with Crippen LogP contribution in [0, 0.1) is 13.8 Å². The first-order chi connectivity index (χ1) is 26.4. The van der Waals surface area contributed by atoms with E-state index in [-0.39, 0.29) is 0 Å². The average Bonchev–Trinajstić information content (AvgIpc) is 3.21. The number of hydrogen-bond donors (Lipinski definition) is 0.